The Labute approximate surface area is 158 Å². The molecule has 1 aliphatic rings. The molecule has 2 N–H and O–H groups in total. The number of nitro benzene ring substituents is 1. The number of furan rings is 1. The van der Waals surface area contributed by atoms with Crippen LogP contribution in [-0.4, -0.2) is 42.3 Å². The van der Waals surface area contributed by atoms with E-state index < -0.39 is 29.2 Å². The Bertz CT molecular complexity index is 910. The molecule has 11 heteroatoms. The molecule has 3 rings (SSSR count). The number of anilines is 1. The summed E-state index contributed by atoms with van der Waals surface area (Å²) in [5, 5.41) is 15.9. The SMILES string of the molecule is O=C(CNC(=O)CN1C(=O)COc2ccc([N+](=O)[O-])cc21)NCc1ccco1. The van der Waals surface area contributed by atoms with Crippen LogP contribution >= 0.6 is 0 Å². The maximum absolute atomic E-state index is 12.1. The first kappa shape index (κ1) is 18.9. The van der Waals surface area contributed by atoms with E-state index in [2.05, 4.69) is 10.6 Å². The molecule has 146 valence electrons. The van der Waals surface area contributed by atoms with Gasteiger partial charge in [0.25, 0.3) is 11.6 Å². The maximum Gasteiger partial charge on any atom is 0.271 e. The minimum absolute atomic E-state index is 0.128. The third kappa shape index (κ3) is 4.44. The molecule has 0 aliphatic carbocycles. The minimum atomic E-state index is -0.610. The molecule has 11 nitrogen and oxygen atoms in total. The van der Waals surface area contributed by atoms with Gasteiger partial charge in [-0.15, -0.1) is 0 Å². The maximum atomic E-state index is 12.1. The van der Waals surface area contributed by atoms with Crippen molar-refractivity contribution in [3.05, 3.63) is 52.5 Å². The number of amides is 3. The van der Waals surface area contributed by atoms with E-state index in [0.717, 1.165) is 11.0 Å². The van der Waals surface area contributed by atoms with E-state index in [4.69, 9.17) is 9.15 Å². The van der Waals surface area contributed by atoms with Gasteiger partial charge in [0.15, 0.2) is 6.61 Å². The lowest BCUT2D eigenvalue weighted by Crippen LogP contribution is -2.46. The first-order valence-corrected chi connectivity index (χ1v) is 8.21. The molecule has 1 aliphatic heterocycles. The summed E-state index contributed by atoms with van der Waals surface area (Å²) in [6.07, 6.45) is 1.48. The van der Waals surface area contributed by atoms with Gasteiger partial charge < -0.3 is 19.8 Å². The van der Waals surface area contributed by atoms with Gasteiger partial charge in [0.2, 0.25) is 11.8 Å². The van der Waals surface area contributed by atoms with Crippen LogP contribution in [0.5, 0.6) is 5.75 Å². The quantitative estimate of drug-likeness (QED) is 0.514. The highest BCUT2D eigenvalue weighted by molar-refractivity contribution is 6.02. The molecule has 28 heavy (non-hydrogen) atoms. The van der Waals surface area contributed by atoms with Crippen LogP contribution in [0.4, 0.5) is 11.4 Å². The number of hydrogen-bond acceptors (Lipinski definition) is 7. The van der Waals surface area contributed by atoms with Crippen LogP contribution in [0.3, 0.4) is 0 Å². The number of benzene rings is 1. The predicted molar refractivity (Wildman–Crippen MR) is 94.5 cm³/mol. The lowest BCUT2D eigenvalue weighted by Gasteiger charge is -2.28. The lowest BCUT2D eigenvalue weighted by molar-refractivity contribution is -0.384. The Morgan fingerprint density at radius 3 is 2.75 bits per heavy atom. The standard InChI is InChI=1S/C17H16N4O7/c22-15(18-7-12-2-1-5-27-12)8-19-16(23)9-20-13-6-11(21(25)26)3-4-14(13)28-10-17(20)24/h1-6H,7-10H2,(H,18,22)(H,19,23). The highest BCUT2D eigenvalue weighted by Gasteiger charge is 2.29. The molecule has 3 amide bonds. The van der Waals surface area contributed by atoms with Crippen LogP contribution in [0.2, 0.25) is 0 Å². The third-order valence-corrected chi connectivity index (χ3v) is 3.88. The summed E-state index contributed by atoms with van der Waals surface area (Å²) >= 11 is 0. The van der Waals surface area contributed by atoms with Crippen LogP contribution < -0.4 is 20.3 Å². The van der Waals surface area contributed by atoms with Gasteiger partial charge in [-0.05, 0) is 18.2 Å². The largest absolute Gasteiger partial charge is 0.482 e. The minimum Gasteiger partial charge on any atom is -0.482 e. The van der Waals surface area contributed by atoms with Crippen molar-refractivity contribution >= 4 is 29.1 Å². The summed E-state index contributed by atoms with van der Waals surface area (Å²) in [4.78, 5) is 47.5. The Morgan fingerprint density at radius 2 is 2.04 bits per heavy atom. The molecule has 0 fully saturated rings. The van der Waals surface area contributed by atoms with Crippen molar-refractivity contribution in [2.75, 3.05) is 24.6 Å². The van der Waals surface area contributed by atoms with E-state index in [1.807, 2.05) is 0 Å². The van der Waals surface area contributed by atoms with E-state index in [1.165, 1.54) is 18.4 Å². The summed E-state index contributed by atoms with van der Waals surface area (Å²) in [5.74, 6) is -0.730. The van der Waals surface area contributed by atoms with Gasteiger partial charge in [-0.25, -0.2) is 0 Å². The zero-order chi connectivity index (χ0) is 20.1. The van der Waals surface area contributed by atoms with Crippen molar-refractivity contribution in [1.29, 1.82) is 0 Å². The molecule has 0 unspecified atom stereocenters. The molecule has 1 aromatic carbocycles. The highest BCUT2D eigenvalue weighted by Crippen LogP contribution is 2.35. The second kappa shape index (κ2) is 8.20. The fourth-order valence-electron chi connectivity index (χ4n) is 2.52. The first-order chi connectivity index (χ1) is 13.4. The Balaban J connectivity index is 1.57. The molecule has 1 aromatic heterocycles. The Kier molecular flexibility index (Phi) is 5.53. The molecule has 2 aromatic rings. The van der Waals surface area contributed by atoms with Gasteiger partial charge in [-0.3, -0.25) is 29.4 Å². The van der Waals surface area contributed by atoms with Crippen LogP contribution in [-0.2, 0) is 20.9 Å². The molecular weight excluding hydrogens is 372 g/mol. The van der Waals surface area contributed by atoms with E-state index in [9.17, 15) is 24.5 Å². The van der Waals surface area contributed by atoms with Gasteiger partial charge in [0.1, 0.15) is 18.1 Å². The average Bonchev–Trinajstić information content (AvgIpc) is 3.20. The van der Waals surface area contributed by atoms with Gasteiger partial charge in [0.05, 0.1) is 30.0 Å². The second-order valence-electron chi connectivity index (χ2n) is 5.81. The normalized spacial score (nSPS) is 12.7. The first-order valence-electron chi connectivity index (χ1n) is 8.21. The molecule has 0 saturated heterocycles. The number of fused-ring (bicyclic) bond motifs is 1. The van der Waals surface area contributed by atoms with Crippen molar-refractivity contribution in [1.82, 2.24) is 10.6 Å². The third-order valence-electron chi connectivity index (χ3n) is 3.88. The summed E-state index contributed by atoms with van der Waals surface area (Å²) in [6.45, 7) is -0.801. The highest BCUT2D eigenvalue weighted by atomic mass is 16.6. The van der Waals surface area contributed by atoms with Crippen LogP contribution in [0.25, 0.3) is 0 Å². The fraction of sp³-hybridized carbons (Fsp3) is 0.235. The van der Waals surface area contributed by atoms with Gasteiger partial charge in [-0.2, -0.15) is 0 Å². The summed E-state index contributed by atoms with van der Waals surface area (Å²) in [5.41, 5.74) is -0.109. The monoisotopic (exact) mass is 388 g/mol. The Hall–Kier alpha value is -3.89. The van der Waals surface area contributed by atoms with Gasteiger partial charge in [-0.1, -0.05) is 0 Å². The molecule has 0 bridgehead atoms. The zero-order valence-corrected chi connectivity index (χ0v) is 14.5. The fourth-order valence-corrected chi connectivity index (χ4v) is 2.52. The molecule has 2 heterocycles. The van der Waals surface area contributed by atoms with E-state index in [1.54, 1.807) is 12.1 Å². The number of nitrogens with zero attached hydrogens (tertiary/aromatic N) is 2. The van der Waals surface area contributed by atoms with Crippen molar-refractivity contribution in [3.63, 3.8) is 0 Å². The topological polar surface area (TPSA) is 144 Å². The smallest absolute Gasteiger partial charge is 0.271 e. The average molecular weight is 388 g/mol. The van der Waals surface area contributed by atoms with E-state index in [0.29, 0.717) is 5.76 Å². The second-order valence-corrected chi connectivity index (χ2v) is 5.81. The van der Waals surface area contributed by atoms with Crippen LogP contribution in [0, 0.1) is 10.1 Å². The zero-order valence-electron chi connectivity index (χ0n) is 14.5. The Morgan fingerprint density at radius 1 is 1.21 bits per heavy atom. The molecular formula is C17H16N4O7. The summed E-state index contributed by atoms with van der Waals surface area (Å²) < 4.78 is 10.3. The lowest BCUT2D eigenvalue weighted by atomic mass is 10.2. The van der Waals surface area contributed by atoms with E-state index >= 15 is 0 Å². The molecule has 0 radical (unpaired) electrons. The number of carbonyl (C=O) groups is 3. The number of nitrogens with one attached hydrogen (secondary N) is 2. The molecule has 0 saturated carbocycles. The summed E-state index contributed by atoms with van der Waals surface area (Å²) in [6, 6.07) is 7.16. The number of hydrogen-bond donors (Lipinski definition) is 2. The van der Waals surface area contributed by atoms with Crippen LogP contribution in [0.1, 0.15) is 5.76 Å². The van der Waals surface area contributed by atoms with Gasteiger partial charge in [0, 0.05) is 12.1 Å². The number of nitro groups is 1. The summed E-state index contributed by atoms with van der Waals surface area (Å²) in [7, 11) is 0. The number of rotatable bonds is 7. The van der Waals surface area contributed by atoms with Crippen molar-refractivity contribution in [2.45, 2.75) is 6.54 Å². The predicted octanol–water partition coefficient (Wildman–Crippen LogP) is 0.346. The van der Waals surface area contributed by atoms with Crippen molar-refractivity contribution < 1.29 is 28.5 Å². The van der Waals surface area contributed by atoms with Gasteiger partial charge >= 0.3 is 0 Å². The number of carbonyl (C=O) groups excluding carboxylic acids is 3. The number of non-ortho nitro benzene ring substituents is 1. The van der Waals surface area contributed by atoms with Crippen LogP contribution in [0.15, 0.2) is 41.0 Å². The number of ether oxygens (including phenoxy) is 1. The molecule has 0 spiro atoms. The molecule has 0 atom stereocenters. The van der Waals surface area contributed by atoms with Crippen molar-refractivity contribution in [2.24, 2.45) is 0 Å². The van der Waals surface area contributed by atoms with E-state index in [-0.39, 0.29) is 36.8 Å². The van der Waals surface area contributed by atoms with Crippen molar-refractivity contribution in [3.8, 4) is 5.75 Å².